The number of fused-ring (bicyclic) bond motifs is 1. The molecule has 0 amide bonds. The maximum absolute atomic E-state index is 11.7. The number of aromatic nitrogens is 2. The van der Waals surface area contributed by atoms with Gasteiger partial charge in [-0.3, -0.25) is 0 Å². The molecular weight excluding hydrogens is 222 g/mol. The van der Waals surface area contributed by atoms with Gasteiger partial charge in [0.1, 0.15) is 6.61 Å². The molecule has 1 aliphatic rings. The third kappa shape index (κ3) is 2.42. The lowest BCUT2D eigenvalue weighted by Gasteiger charge is -2.18. The fraction of sp³-hybridized carbons (Fsp3) is 0.545. The molecule has 0 spiro atoms. The summed E-state index contributed by atoms with van der Waals surface area (Å²) in [5.74, 6) is 0.0956. The predicted molar refractivity (Wildman–Crippen MR) is 59.5 cm³/mol. The molecule has 6 heteroatoms. The summed E-state index contributed by atoms with van der Waals surface area (Å²) in [6.45, 7) is 1.76. The lowest BCUT2D eigenvalue weighted by molar-refractivity contribution is 0.0590. The molecule has 0 aliphatic carbocycles. The zero-order valence-corrected chi connectivity index (χ0v) is 9.95. The summed E-state index contributed by atoms with van der Waals surface area (Å²) in [6, 6.07) is 0. The van der Waals surface area contributed by atoms with Crippen LogP contribution in [0.3, 0.4) is 0 Å². The second-order valence-electron chi connectivity index (χ2n) is 3.77. The topological polar surface area (TPSA) is 73.3 Å². The highest BCUT2D eigenvalue weighted by molar-refractivity contribution is 5.89. The standard InChI is InChI=1S/C11H15N3O3/c1-16-6-9-13-8-5-12-4-3-7(8)10(14-9)11(15)17-2/h12H,3-6H2,1-2H3. The van der Waals surface area contributed by atoms with E-state index in [2.05, 4.69) is 15.3 Å². The Kier molecular flexibility index (Phi) is 3.65. The van der Waals surface area contributed by atoms with Gasteiger partial charge in [0.05, 0.1) is 12.8 Å². The molecule has 2 rings (SSSR count). The average Bonchev–Trinajstić information content (AvgIpc) is 2.37. The van der Waals surface area contributed by atoms with E-state index < -0.39 is 5.97 Å². The summed E-state index contributed by atoms with van der Waals surface area (Å²) in [6.07, 6.45) is 0.743. The Morgan fingerprint density at radius 1 is 1.41 bits per heavy atom. The SMILES string of the molecule is COCc1nc2c(c(C(=O)OC)n1)CCNC2. The van der Waals surface area contributed by atoms with Crippen molar-refractivity contribution in [1.82, 2.24) is 15.3 Å². The summed E-state index contributed by atoms with van der Waals surface area (Å²) >= 11 is 0. The molecule has 0 atom stereocenters. The molecule has 6 nitrogen and oxygen atoms in total. The lowest BCUT2D eigenvalue weighted by Crippen LogP contribution is -2.28. The van der Waals surface area contributed by atoms with Crippen molar-refractivity contribution < 1.29 is 14.3 Å². The van der Waals surface area contributed by atoms with Gasteiger partial charge in [-0.25, -0.2) is 14.8 Å². The Morgan fingerprint density at radius 2 is 2.24 bits per heavy atom. The number of rotatable bonds is 3. The highest BCUT2D eigenvalue weighted by atomic mass is 16.5. The van der Waals surface area contributed by atoms with Crippen LogP contribution in [0, 0.1) is 0 Å². The molecular formula is C11H15N3O3. The van der Waals surface area contributed by atoms with E-state index in [0.717, 1.165) is 24.2 Å². The molecule has 17 heavy (non-hydrogen) atoms. The number of hydrogen-bond acceptors (Lipinski definition) is 6. The summed E-state index contributed by atoms with van der Waals surface area (Å²) < 4.78 is 9.73. The number of esters is 1. The maximum atomic E-state index is 11.7. The number of carbonyl (C=O) groups excluding carboxylic acids is 1. The number of hydrogen-bond donors (Lipinski definition) is 1. The molecule has 0 radical (unpaired) electrons. The summed E-state index contributed by atoms with van der Waals surface area (Å²) in [5.41, 5.74) is 2.11. The van der Waals surface area contributed by atoms with Crippen LogP contribution in [0.5, 0.6) is 0 Å². The van der Waals surface area contributed by atoms with Crippen molar-refractivity contribution in [3.63, 3.8) is 0 Å². The molecule has 0 fully saturated rings. The van der Waals surface area contributed by atoms with Crippen LogP contribution in [0.25, 0.3) is 0 Å². The van der Waals surface area contributed by atoms with Gasteiger partial charge >= 0.3 is 5.97 Å². The van der Waals surface area contributed by atoms with E-state index in [4.69, 9.17) is 9.47 Å². The Morgan fingerprint density at radius 3 is 2.94 bits per heavy atom. The molecule has 1 N–H and O–H groups in total. The molecule has 0 saturated carbocycles. The van der Waals surface area contributed by atoms with Gasteiger partial charge in [-0.05, 0) is 13.0 Å². The molecule has 0 aromatic carbocycles. The third-order valence-corrected chi connectivity index (χ3v) is 2.64. The minimum atomic E-state index is -0.414. The Hall–Kier alpha value is -1.53. The molecule has 1 aliphatic heterocycles. The minimum Gasteiger partial charge on any atom is -0.464 e. The van der Waals surface area contributed by atoms with E-state index >= 15 is 0 Å². The van der Waals surface area contributed by atoms with Crippen LogP contribution < -0.4 is 5.32 Å². The Bertz CT molecular complexity index is 434. The smallest absolute Gasteiger partial charge is 0.357 e. The van der Waals surface area contributed by atoms with E-state index in [9.17, 15) is 4.79 Å². The van der Waals surface area contributed by atoms with Gasteiger partial charge in [0.15, 0.2) is 11.5 Å². The van der Waals surface area contributed by atoms with E-state index in [-0.39, 0.29) is 6.61 Å². The van der Waals surface area contributed by atoms with Crippen molar-refractivity contribution in [2.24, 2.45) is 0 Å². The van der Waals surface area contributed by atoms with Crippen LogP contribution in [0.1, 0.15) is 27.6 Å². The first-order valence-electron chi connectivity index (χ1n) is 5.43. The van der Waals surface area contributed by atoms with E-state index in [1.165, 1.54) is 7.11 Å². The number of carbonyl (C=O) groups is 1. The first-order valence-corrected chi connectivity index (χ1v) is 5.43. The highest BCUT2D eigenvalue weighted by Crippen LogP contribution is 2.17. The molecule has 92 valence electrons. The van der Waals surface area contributed by atoms with Gasteiger partial charge in [0.25, 0.3) is 0 Å². The monoisotopic (exact) mass is 237 g/mol. The first kappa shape index (κ1) is 11.9. The van der Waals surface area contributed by atoms with Gasteiger partial charge in [-0.2, -0.15) is 0 Å². The van der Waals surface area contributed by atoms with Crippen molar-refractivity contribution in [2.45, 2.75) is 19.6 Å². The summed E-state index contributed by atoms with van der Waals surface area (Å²) in [7, 11) is 2.92. The van der Waals surface area contributed by atoms with Crippen LogP contribution in [0.4, 0.5) is 0 Å². The number of nitrogens with zero attached hydrogens (tertiary/aromatic N) is 2. The zero-order valence-electron chi connectivity index (χ0n) is 9.95. The lowest BCUT2D eigenvalue weighted by atomic mass is 10.0. The molecule has 0 saturated heterocycles. The molecule has 2 heterocycles. The number of nitrogens with one attached hydrogen (secondary N) is 1. The van der Waals surface area contributed by atoms with E-state index in [1.807, 2.05) is 0 Å². The van der Waals surface area contributed by atoms with Crippen LogP contribution in [0.15, 0.2) is 0 Å². The van der Waals surface area contributed by atoms with Crippen LogP contribution in [-0.4, -0.2) is 36.7 Å². The fourth-order valence-electron chi connectivity index (χ4n) is 1.87. The molecule has 1 aromatic heterocycles. The third-order valence-electron chi connectivity index (χ3n) is 2.64. The van der Waals surface area contributed by atoms with Gasteiger partial charge in [0, 0.05) is 19.2 Å². The van der Waals surface area contributed by atoms with Crippen molar-refractivity contribution in [2.75, 3.05) is 20.8 Å². The Labute approximate surface area is 99.4 Å². The molecule has 1 aromatic rings. The quantitative estimate of drug-likeness (QED) is 0.749. The maximum Gasteiger partial charge on any atom is 0.357 e. The van der Waals surface area contributed by atoms with Crippen molar-refractivity contribution in [3.8, 4) is 0 Å². The second-order valence-corrected chi connectivity index (χ2v) is 3.77. The zero-order chi connectivity index (χ0) is 12.3. The van der Waals surface area contributed by atoms with Gasteiger partial charge in [-0.1, -0.05) is 0 Å². The van der Waals surface area contributed by atoms with Gasteiger partial charge in [0.2, 0.25) is 0 Å². The van der Waals surface area contributed by atoms with Crippen LogP contribution >= 0.6 is 0 Å². The fourth-order valence-corrected chi connectivity index (χ4v) is 1.87. The number of ether oxygens (including phenoxy) is 2. The average molecular weight is 237 g/mol. The van der Waals surface area contributed by atoms with Crippen LogP contribution in [-0.2, 0) is 29.0 Å². The number of methoxy groups -OCH3 is 2. The van der Waals surface area contributed by atoms with Crippen LogP contribution in [0.2, 0.25) is 0 Å². The van der Waals surface area contributed by atoms with Crippen molar-refractivity contribution in [1.29, 1.82) is 0 Å². The molecule has 0 bridgehead atoms. The van der Waals surface area contributed by atoms with E-state index in [1.54, 1.807) is 7.11 Å². The predicted octanol–water partition coefficient (Wildman–Crippen LogP) is 0.0553. The normalized spacial score (nSPS) is 14.2. The summed E-state index contributed by atoms with van der Waals surface area (Å²) in [5, 5.41) is 3.21. The minimum absolute atomic E-state index is 0.289. The van der Waals surface area contributed by atoms with E-state index in [0.29, 0.717) is 18.1 Å². The second kappa shape index (κ2) is 5.20. The van der Waals surface area contributed by atoms with Gasteiger partial charge in [-0.15, -0.1) is 0 Å². The largest absolute Gasteiger partial charge is 0.464 e. The molecule has 0 unspecified atom stereocenters. The summed E-state index contributed by atoms with van der Waals surface area (Å²) in [4.78, 5) is 20.3. The first-order chi connectivity index (χ1) is 8.26. The Balaban J connectivity index is 2.46. The van der Waals surface area contributed by atoms with Crippen molar-refractivity contribution in [3.05, 3.63) is 22.8 Å². The van der Waals surface area contributed by atoms with Crippen molar-refractivity contribution >= 4 is 5.97 Å². The highest BCUT2D eigenvalue weighted by Gasteiger charge is 2.22. The van der Waals surface area contributed by atoms with Gasteiger partial charge < -0.3 is 14.8 Å².